The van der Waals surface area contributed by atoms with Crippen LogP contribution in [-0.4, -0.2) is 26.6 Å². The molecule has 96 valence electrons. The van der Waals surface area contributed by atoms with Crippen LogP contribution in [0.25, 0.3) is 0 Å². The number of hydrogen-bond donors (Lipinski definition) is 2. The highest BCUT2D eigenvalue weighted by Crippen LogP contribution is 2.21. The Morgan fingerprint density at radius 2 is 2.18 bits per heavy atom. The molecular formula is C11H16BrClIN3. The minimum absolute atomic E-state index is 0. The van der Waals surface area contributed by atoms with E-state index in [4.69, 9.17) is 11.6 Å². The van der Waals surface area contributed by atoms with Crippen LogP contribution in [0.4, 0.5) is 0 Å². The molecule has 0 saturated carbocycles. The molecule has 0 atom stereocenters. The van der Waals surface area contributed by atoms with Gasteiger partial charge in [0.25, 0.3) is 0 Å². The number of aliphatic imine (C=N–C) groups is 1. The van der Waals surface area contributed by atoms with Gasteiger partial charge in [0.2, 0.25) is 0 Å². The van der Waals surface area contributed by atoms with Crippen LogP contribution in [0.15, 0.2) is 27.7 Å². The summed E-state index contributed by atoms with van der Waals surface area (Å²) in [5, 5.41) is 6.91. The molecule has 0 aliphatic heterocycles. The lowest BCUT2D eigenvalue weighted by molar-refractivity contribution is 0.832. The predicted octanol–water partition coefficient (Wildman–Crippen LogP) is 3.06. The molecule has 2 N–H and O–H groups in total. The largest absolute Gasteiger partial charge is 0.359 e. The predicted molar refractivity (Wildman–Crippen MR) is 88.7 cm³/mol. The van der Waals surface area contributed by atoms with Gasteiger partial charge in [-0.2, -0.15) is 0 Å². The van der Waals surface area contributed by atoms with Crippen molar-refractivity contribution in [1.29, 1.82) is 0 Å². The Hall–Kier alpha value is -0.0100. The summed E-state index contributed by atoms with van der Waals surface area (Å²) < 4.78 is 1.08. The molecule has 0 unspecified atom stereocenters. The van der Waals surface area contributed by atoms with Gasteiger partial charge in [-0.05, 0) is 30.2 Å². The Morgan fingerprint density at radius 1 is 1.47 bits per heavy atom. The molecule has 0 aliphatic rings. The van der Waals surface area contributed by atoms with E-state index in [9.17, 15) is 0 Å². The Kier molecular flexibility index (Phi) is 8.99. The van der Waals surface area contributed by atoms with Gasteiger partial charge < -0.3 is 10.6 Å². The maximum Gasteiger partial charge on any atom is 0.190 e. The molecule has 1 aromatic carbocycles. The molecular weight excluding hydrogens is 416 g/mol. The number of hydrogen-bond acceptors (Lipinski definition) is 1. The van der Waals surface area contributed by atoms with Crippen LogP contribution in [0.3, 0.4) is 0 Å². The van der Waals surface area contributed by atoms with Crippen molar-refractivity contribution in [3.8, 4) is 0 Å². The summed E-state index contributed by atoms with van der Waals surface area (Å²) in [6.07, 6.45) is 0.891. The molecule has 0 spiro atoms. The van der Waals surface area contributed by atoms with E-state index in [1.165, 1.54) is 5.56 Å². The molecule has 0 heterocycles. The molecule has 17 heavy (non-hydrogen) atoms. The summed E-state index contributed by atoms with van der Waals surface area (Å²) in [7, 11) is 3.58. The maximum atomic E-state index is 5.94. The summed E-state index contributed by atoms with van der Waals surface area (Å²) in [5.74, 6) is 0.790. The van der Waals surface area contributed by atoms with Gasteiger partial charge in [0.05, 0.1) is 0 Å². The van der Waals surface area contributed by atoms with Gasteiger partial charge >= 0.3 is 0 Å². The van der Waals surface area contributed by atoms with Crippen molar-refractivity contribution in [3.05, 3.63) is 33.3 Å². The van der Waals surface area contributed by atoms with Crippen molar-refractivity contribution >= 4 is 57.5 Å². The minimum atomic E-state index is 0. The number of rotatable bonds is 3. The average molecular weight is 433 g/mol. The Labute approximate surface area is 133 Å². The summed E-state index contributed by atoms with van der Waals surface area (Å²) in [4.78, 5) is 4.03. The van der Waals surface area contributed by atoms with Crippen LogP contribution in [0.5, 0.6) is 0 Å². The molecule has 0 fully saturated rings. The second kappa shape index (κ2) is 8.99. The van der Waals surface area contributed by atoms with Crippen molar-refractivity contribution < 1.29 is 0 Å². The number of guanidine groups is 1. The second-order valence-electron chi connectivity index (χ2n) is 3.23. The zero-order valence-corrected chi connectivity index (χ0v) is 14.4. The Morgan fingerprint density at radius 3 is 2.76 bits per heavy atom. The molecule has 1 rings (SSSR count). The topological polar surface area (TPSA) is 36.4 Å². The Bertz CT molecular complexity index is 385. The fraction of sp³-hybridized carbons (Fsp3) is 0.364. The van der Waals surface area contributed by atoms with Crippen LogP contribution in [0, 0.1) is 0 Å². The number of nitrogens with zero attached hydrogens (tertiary/aromatic N) is 1. The lowest BCUT2D eigenvalue weighted by Crippen LogP contribution is -2.35. The molecule has 0 amide bonds. The van der Waals surface area contributed by atoms with E-state index in [0.717, 1.165) is 28.4 Å². The average Bonchev–Trinajstić information content (AvgIpc) is 2.29. The highest BCUT2D eigenvalue weighted by molar-refractivity contribution is 14.0. The van der Waals surface area contributed by atoms with Gasteiger partial charge in [0.1, 0.15) is 0 Å². The van der Waals surface area contributed by atoms with Crippen LogP contribution in [0.2, 0.25) is 5.02 Å². The zero-order valence-electron chi connectivity index (χ0n) is 9.76. The summed E-state index contributed by atoms with van der Waals surface area (Å²) in [5.41, 5.74) is 1.19. The fourth-order valence-electron chi connectivity index (χ4n) is 1.33. The first-order valence-electron chi connectivity index (χ1n) is 4.99. The molecule has 0 aromatic heterocycles. The highest BCUT2D eigenvalue weighted by atomic mass is 127. The first-order valence-corrected chi connectivity index (χ1v) is 6.16. The van der Waals surface area contributed by atoms with Crippen LogP contribution >= 0.6 is 51.5 Å². The highest BCUT2D eigenvalue weighted by Gasteiger charge is 2.01. The number of benzene rings is 1. The second-order valence-corrected chi connectivity index (χ2v) is 4.53. The molecule has 0 saturated heterocycles. The molecule has 3 nitrogen and oxygen atoms in total. The quantitative estimate of drug-likeness (QED) is 0.438. The van der Waals surface area contributed by atoms with Gasteiger partial charge in [-0.1, -0.05) is 27.5 Å². The van der Waals surface area contributed by atoms with E-state index in [1.54, 1.807) is 7.05 Å². The third-order valence-electron chi connectivity index (χ3n) is 2.15. The lowest BCUT2D eigenvalue weighted by Gasteiger charge is -2.09. The van der Waals surface area contributed by atoms with Crippen molar-refractivity contribution in [2.45, 2.75) is 6.42 Å². The number of nitrogens with one attached hydrogen (secondary N) is 2. The molecule has 0 aliphatic carbocycles. The smallest absolute Gasteiger partial charge is 0.190 e. The SMILES string of the molecule is CN=C(NC)NCCc1cc(Cl)ccc1Br.I. The standard InChI is InChI=1S/C11H15BrClN3.HI/c1-14-11(15-2)16-6-5-8-7-9(13)3-4-10(8)12;/h3-4,7H,5-6H2,1-2H3,(H2,14,15,16);1H. The van der Waals surface area contributed by atoms with Crippen LogP contribution in [0.1, 0.15) is 5.56 Å². The van der Waals surface area contributed by atoms with E-state index >= 15 is 0 Å². The summed E-state index contributed by atoms with van der Waals surface area (Å²) in [6.45, 7) is 0.812. The zero-order chi connectivity index (χ0) is 12.0. The summed E-state index contributed by atoms with van der Waals surface area (Å²) >= 11 is 9.44. The van der Waals surface area contributed by atoms with E-state index in [0.29, 0.717) is 0 Å². The van der Waals surface area contributed by atoms with E-state index in [1.807, 2.05) is 25.2 Å². The number of halogens is 3. The van der Waals surface area contributed by atoms with Crippen molar-refractivity contribution in [2.24, 2.45) is 4.99 Å². The molecule has 0 bridgehead atoms. The first kappa shape index (κ1) is 17.0. The van der Waals surface area contributed by atoms with Crippen LogP contribution in [-0.2, 0) is 6.42 Å². The normalized spacial score (nSPS) is 10.7. The van der Waals surface area contributed by atoms with E-state index < -0.39 is 0 Å². The third-order valence-corrected chi connectivity index (χ3v) is 3.16. The van der Waals surface area contributed by atoms with Gasteiger partial charge in [0.15, 0.2) is 5.96 Å². The molecule has 6 heteroatoms. The third kappa shape index (κ3) is 5.92. The van der Waals surface area contributed by atoms with Gasteiger partial charge in [-0.15, -0.1) is 24.0 Å². The first-order chi connectivity index (χ1) is 7.67. The van der Waals surface area contributed by atoms with E-state index in [-0.39, 0.29) is 24.0 Å². The van der Waals surface area contributed by atoms with Crippen molar-refractivity contribution in [3.63, 3.8) is 0 Å². The molecule has 1 aromatic rings. The minimum Gasteiger partial charge on any atom is -0.359 e. The lowest BCUT2D eigenvalue weighted by atomic mass is 10.1. The summed E-state index contributed by atoms with van der Waals surface area (Å²) in [6, 6.07) is 5.80. The van der Waals surface area contributed by atoms with Gasteiger partial charge in [-0.3, -0.25) is 4.99 Å². The van der Waals surface area contributed by atoms with E-state index in [2.05, 4.69) is 31.6 Å². The maximum absolute atomic E-state index is 5.94. The van der Waals surface area contributed by atoms with Gasteiger partial charge in [-0.25, -0.2) is 0 Å². The van der Waals surface area contributed by atoms with Crippen molar-refractivity contribution in [1.82, 2.24) is 10.6 Å². The molecule has 0 radical (unpaired) electrons. The van der Waals surface area contributed by atoms with Crippen molar-refractivity contribution in [2.75, 3.05) is 20.6 Å². The monoisotopic (exact) mass is 431 g/mol. The Balaban J connectivity index is 0.00000256. The van der Waals surface area contributed by atoms with Gasteiger partial charge in [0, 0.05) is 30.1 Å². The van der Waals surface area contributed by atoms with Crippen LogP contribution < -0.4 is 10.6 Å². The fourth-order valence-corrected chi connectivity index (χ4v) is 1.97.